The maximum absolute atomic E-state index is 11.1. The van der Waals surface area contributed by atoms with E-state index in [-0.39, 0.29) is 12.4 Å². The zero-order valence-corrected chi connectivity index (χ0v) is 13.7. The molecular weight excluding hydrogens is 298 g/mol. The number of rotatable bonds is 8. The highest BCUT2D eigenvalue weighted by molar-refractivity contribution is 7.90. The van der Waals surface area contributed by atoms with E-state index >= 15 is 0 Å². The van der Waals surface area contributed by atoms with Gasteiger partial charge in [0.15, 0.2) is 9.84 Å². The lowest BCUT2D eigenvalue weighted by Gasteiger charge is -2.13. The summed E-state index contributed by atoms with van der Waals surface area (Å²) in [7, 11) is -3.01. The molecule has 20 heavy (non-hydrogen) atoms. The molecule has 1 N–H and O–H groups in total. The molecule has 0 heterocycles. The third-order valence-electron chi connectivity index (χ3n) is 2.60. The lowest BCUT2D eigenvalue weighted by atomic mass is 10.2. The number of hydrogen-bond donors (Lipinski definition) is 1. The highest BCUT2D eigenvalue weighted by Gasteiger charge is 2.07. The van der Waals surface area contributed by atoms with Gasteiger partial charge < -0.3 is 10.1 Å². The zero-order valence-electron chi connectivity index (χ0n) is 12.1. The molecule has 0 aliphatic carbocycles. The van der Waals surface area contributed by atoms with Gasteiger partial charge in [-0.15, -0.1) is 0 Å². The fourth-order valence-corrected chi connectivity index (χ4v) is 2.21. The zero-order chi connectivity index (χ0) is 15.2. The van der Waals surface area contributed by atoms with E-state index in [4.69, 9.17) is 16.3 Å². The van der Waals surface area contributed by atoms with Crippen molar-refractivity contribution >= 4 is 21.4 Å². The number of nitrogens with one attached hydrogen (secondary N) is 1. The molecule has 0 spiro atoms. The van der Waals surface area contributed by atoms with Crippen LogP contribution < -0.4 is 10.1 Å². The molecular formula is C14H22ClNO3S. The molecule has 1 aromatic carbocycles. The average molecular weight is 320 g/mol. The van der Waals surface area contributed by atoms with E-state index in [1.807, 2.05) is 6.07 Å². The van der Waals surface area contributed by atoms with Gasteiger partial charge >= 0.3 is 0 Å². The summed E-state index contributed by atoms with van der Waals surface area (Å²) in [5.41, 5.74) is 0.937. The van der Waals surface area contributed by atoms with Gasteiger partial charge in [0.25, 0.3) is 0 Å². The van der Waals surface area contributed by atoms with Crippen LogP contribution >= 0.6 is 11.6 Å². The van der Waals surface area contributed by atoms with Crippen molar-refractivity contribution in [2.75, 3.05) is 25.2 Å². The number of ether oxygens (including phenoxy) is 1. The minimum absolute atomic E-state index is 0.00842. The number of hydrogen-bond acceptors (Lipinski definition) is 4. The van der Waals surface area contributed by atoms with Gasteiger partial charge in [-0.2, -0.15) is 0 Å². The summed E-state index contributed by atoms with van der Waals surface area (Å²) >= 11 is 5.99. The summed E-state index contributed by atoms with van der Waals surface area (Å²) in [5, 5.41) is 3.96. The molecule has 0 unspecified atom stereocenters. The SMILES string of the molecule is CC(C)CNCc1cc(Cl)ccc1OCCS(C)(=O)=O. The predicted octanol–water partition coefficient (Wildman–Crippen LogP) is 2.51. The largest absolute Gasteiger partial charge is 0.492 e. The molecule has 0 bridgehead atoms. The third-order valence-corrected chi connectivity index (χ3v) is 3.75. The fraction of sp³-hybridized carbons (Fsp3) is 0.571. The Hall–Kier alpha value is -0.780. The average Bonchev–Trinajstić information content (AvgIpc) is 2.30. The van der Waals surface area contributed by atoms with Crippen molar-refractivity contribution in [3.05, 3.63) is 28.8 Å². The standard InChI is InChI=1S/C14H22ClNO3S/c1-11(2)9-16-10-12-8-13(15)4-5-14(12)19-6-7-20(3,17)18/h4-5,8,11,16H,6-7,9-10H2,1-3H3. The first-order chi connectivity index (χ1) is 9.28. The van der Waals surface area contributed by atoms with Crippen LogP contribution in [0.4, 0.5) is 0 Å². The number of halogens is 1. The first-order valence-corrected chi connectivity index (χ1v) is 9.01. The van der Waals surface area contributed by atoms with Gasteiger partial charge in [-0.1, -0.05) is 25.4 Å². The van der Waals surface area contributed by atoms with Gasteiger partial charge in [0.1, 0.15) is 12.4 Å². The Morgan fingerprint density at radius 1 is 1.35 bits per heavy atom. The second kappa shape index (κ2) is 7.86. The van der Waals surface area contributed by atoms with Gasteiger partial charge in [-0.25, -0.2) is 8.42 Å². The summed E-state index contributed by atoms with van der Waals surface area (Å²) in [4.78, 5) is 0. The van der Waals surface area contributed by atoms with Crippen molar-refractivity contribution in [3.8, 4) is 5.75 Å². The van der Waals surface area contributed by atoms with E-state index in [1.54, 1.807) is 12.1 Å². The second-order valence-corrected chi connectivity index (χ2v) is 7.95. The van der Waals surface area contributed by atoms with Crippen LogP contribution in [0.1, 0.15) is 19.4 Å². The van der Waals surface area contributed by atoms with Crippen molar-refractivity contribution in [1.29, 1.82) is 0 Å². The lowest BCUT2D eigenvalue weighted by Crippen LogP contribution is -2.20. The van der Waals surface area contributed by atoms with Crippen molar-refractivity contribution in [2.24, 2.45) is 5.92 Å². The molecule has 6 heteroatoms. The quantitative estimate of drug-likeness (QED) is 0.800. The van der Waals surface area contributed by atoms with Crippen LogP contribution in [0, 0.1) is 5.92 Å². The Morgan fingerprint density at radius 3 is 2.65 bits per heavy atom. The highest BCUT2D eigenvalue weighted by Crippen LogP contribution is 2.23. The van der Waals surface area contributed by atoms with Crippen LogP contribution in [-0.4, -0.2) is 33.6 Å². The van der Waals surface area contributed by atoms with E-state index in [2.05, 4.69) is 19.2 Å². The molecule has 0 aliphatic rings. The van der Waals surface area contributed by atoms with Crippen LogP contribution in [0.25, 0.3) is 0 Å². The topological polar surface area (TPSA) is 55.4 Å². The predicted molar refractivity (Wildman–Crippen MR) is 83.2 cm³/mol. The Labute approximate surface area is 126 Å². The molecule has 1 rings (SSSR count). The van der Waals surface area contributed by atoms with Gasteiger partial charge in [-0.05, 0) is 30.7 Å². The Kier molecular flexibility index (Phi) is 6.79. The van der Waals surface area contributed by atoms with Gasteiger partial charge in [0, 0.05) is 23.4 Å². The lowest BCUT2D eigenvalue weighted by molar-refractivity contribution is 0.336. The molecule has 114 valence electrons. The molecule has 4 nitrogen and oxygen atoms in total. The normalized spacial score (nSPS) is 11.8. The Morgan fingerprint density at radius 2 is 2.05 bits per heavy atom. The third kappa shape index (κ3) is 7.12. The molecule has 0 aliphatic heterocycles. The van der Waals surface area contributed by atoms with Crippen LogP contribution in [0.5, 0.6) is 5.75 Å². The molecule has 0 radical (unpaired) electrons. The number of sulfone groups is 1. The minimum atomic E-state index is -3.01. The van der Waals surface area contributed by atoms with E-state index in [0.717, 1.165) is 12.1 Å². The van der Waals surface area contributed by atoms with Crippen LogP contribution in [-0.2, 0) is 16.4 Å². The van der Waals surface area contributed by atoms with Crippen LogP contribution in [0.3, 0.4) is 0 Å². The summed E-state index contributed by atoms with van der Waals surface area (Å²) in [5.74, 6) is 1.24. The first-order valence-electron chi connectivity index (χ1n) is 6.57. The van der Waals surface area contributed by atoms with Crippen molar-refractivity contribution in [2.45, 2.75) is 20.4 Å². The Bertz CT molecular complexity index is 529. The van der Waals surface area contributed by atoms with E-state index < -0.39 is 9.84 Å². The molecule has 1 aromatic rings. The van der Waals surface area contributed by atoms with E-state index in [9.17, 15) is 8.42 Å². The summed E-state index contributed by atoms with van der Waals surface area (Å²) in [6.45, 7) is 5.96. The van der Waals surface area contributed by atoms with Gasteiger partial charge in [-0.3, -0.25) is 0 Å². The van der Waals surface area contributed by atoms with E-state index in [1.165, 1.54) is 6.26 Å². The Balaban J connectivity index is 2.64. The molecule has 0 atom stereocenters. The molecule has 0 fully saturated rings. The van der Waals surface area contributed by atoms with Crippen molar-refractivity contribution < 1.29 is 13.2 Å². The highest BCUT2D eigenvalue weighted by atomic mass is 35.5. The first kappa shape index (κ1) is 17.3. The van der Waals surface area contributed by atoms with Gasteiger partial charge in [0.05, 0.1) is 5.75 Å². The molecule has 0 saturated carbocycles. The summed E-state index contributed by atoms with van der Waals surface area (Å²) in [6.07, 6.45) is 1.20. The number of benzene rings is 1. The minimum Gasteiger partial charge on any atom is -0.492 e. The maximum Gasteiger partial charge on any atom is 0.150 e. The molecule has 0 aromatic heterocycles. The monoisotopic (exact) mass is 319 g/mol. The molecule has 0 saturated heterocycles. The summed E-state index contributed by atoms with van der Waals surface area (Å²) < 4.78 is 27.7. The second-order valence-electron chi connectivity index (χ2n) is 5.26. The van der Waals surface area contributed by atoms with Crippen molar-refractivity contribution in [3.63, 3.8) is 0 Å². The van der Waals surface area contributed by atoms with Gasteiger partial charge in [0.2, 0.25) is 0 Å². The maximum atomic E-state index is 11.1. The summed E-state index contributed by atoms with van der Waals surface area (Å²) in [6, 6.07) is 5.35. The van der Waals surface area contributed by atoms with Crippen LogP contribution in [0.2, 0.25) is 5.02 Å². The fourth-order valence-electron chi connectivity index (χ4n) is 1.63. The smallest absolute Gasteiger partial charge is 0.150 e. The van der Waals surface area contributed by atoms with Crippen molar-refractivity contribution in [1.82, 2.24) is 5.32 Å². The van der Waals surface area contributed by atoms with E-state index in [0.29, 0.717) is 23.2 Å². The van der Waals surface area contributed by atoms with Crippen LogP contribution in [0.15, 0.2) is 18.2 Å². The molecule has 0 amide bonds.